The van der Waals surface area contributed by atoms with Crippen LogP contribution in [0, 0.1) is 3.57 Å². The number of benzene rings is 1. The number of hydrogen-bond donors (Lipinski definition) is 1. The molecule has 0 saturated heterocycles. The zero-order valence-corrected chi connectivity index (χ0v) is 12.0. The Balaban J connectivity index is 2.09. The molecule has 0 fully saturated rings. The molecule has 0 unspecified atom stereocenters. The molecular weight excluding hydrogens is 374 g/mol. The van der Waals surface area contributed by atoms with Crippen LogP contribution < -0.4 is 5.32 Å². The Morgan fingerprint density at radius 3 is 2.89 bits per heavy atom. The molecule has 1 aromatic heterocycles. The van der Waals surface area contributed by atoms with Crippen molar-refractivity contribution in [2.75, 3.05) is 5.32 Å². The average molecular weight is 384 g/mol. The molecule has 0 aliphatic rings. The van der Waals surface area contributed by atoms with Crippen LogP contribution in [-0.4, -0.2) is 9.55 Å². The lowest BCUT2D eigenvalue weighted by Gasteiger charge is -2.10. The minimum atomic E-state index is -2.58. The first-order valence-electron chi connectivity index (χ1n) is 5.06. The summed E-state index contributed by atoms with van der Waals surface area (Å²) in [6, 6.07) is 5.34. The maximum Gasteiger partial charge on any atom is 0.319 e. The fraction of sp³-hybridized carbons (Fsp3) is 0.182. The Bertz CT molecular complexity index is 545. The van der Waals surface area contributed by atoms with Crippen molar-refractivity contribution in [3.8, 4) is 0 Å². The Morgan fingerprint density at radius 1 is 1.44 bits per heavy atom. The monoisotopic (exact) mass is 383 g/mol. The van der Waals surface area contributed by atoms with E-state index in [2.05, 4.69) is 32.9 Å². The molecule has 0 spiro atoms. The van der Waals surface area contributed by atoms with Crippen LogP contribution in [0.15, 0.2) is 30.6 Å². The van der Waals surface area contributed by atoms with Gasteiger partial charge in [-0.15, -0.1) is 0 Å². The normalized spacial score (nSPS) is 10.9. The van der Waals surface area contributed by atoms with Gasteiger partial charge in [-0.3, -0.25) is 4.57 Å². The number of aromatic nitrogens is 2. The van der Waals surface area contributed by atoms with E-state index < -0.39 is 6.55 Å². The van der Waals surface area contributed by atoms with Gasteiger partial charge in [-0.1, -0.05) is 11.6 Å². The molecule has 1 aromatic carbocycles. The van der Waals surface area contributed by atoms with E-state index in [1.807, 2.05) is 0 Å². The molecule has 1 N–H and O–H groups in total. The van der Waals surface area contributed by atoms with Crippen molar-refractivity contribution in [1.82, 2.24) is 9.55 Å². The van der Waals surface area contributed by atoms with Crippen LogP contribution in [0.4, 0.5) is 14.5 Å². The molecule has 0 aliphatic heterocycles. The van der Waals surface area contributed by atoms with Crippen LogP contribution >= 0.6 is 34.2 Å². The van der Waals surface area contributed by atoms with E-state index in [-0.39, 0.29) is 12.4 Å². The Kier molecular flexibility index (Phi) is 4.39. The molecule has 0 bridgehead atoms. The van der Waals surface area contributed by atoms with Crippen molar-refractivity contribution in [3.05, 3.63) is 45.0 Å². The van der Waals surface area contributed by atoms with E-state index in [9.17, 15) is 8.78 Å². The van der Waals surface area contributed by atoms with E-state index >= 15 is 0 Å². The van der Waals surface area contributed by atoms with Gasteiger partial charge in [0, 0.05) is 26.7 Å². The standard InChI is InChI=1S/C11H9ClF2IN3/c12-7-1-2-9(8(15)5-7)17-6-10-16-3-4-18(10)11(13)14/h1-5,11,17H,6H2. The Hall–Kier alpha value is -0.890. The van der Waals surface area contributed by atoms with Gasteiger partial charge in [0.25, 0.3) is 0 Å². The largest absolute Gasteiger partial charge is 0.377 e. The van der Waals surface area contributed by atoms with E-state index in [0.717, 1.165) is 13.8 Å². The topological polar surface area (TPSA) is 29.9 Å². The van der Waals surface area contributed by atoms with E-state index in [1.165, 1.54) is 12.4 Å². The highest BCUT2D eigenvalue weighted by molar-refractivity contribution is 14.1. The summed E-state index contributed by atoms with van der Waals surface area (Å²) in [4.78, 5) is 3.89. The molecule has 0 atom stereocenters. The predicted molar refractivity (Wildman–Crippen MR) is 75.0 cm³/mol. The average Bonchev–Trinajstić information content (AvgIpc) is 2.76. The molecule has 7 heteroatoms. The van der Waals surface area contributed by atoms with Gasteiger partial charge in [-0.25, -0.2) is 4.98 Å². The first-order valence-corrected chi connectivity index (χ1v) is 6.52. The molecule has 3 nitrogen and oxygen atoms in total. The summed E-state index contributed by atoms with van der Waals surface area (Å²) in [5, 5.41) is 3.69. The Morgan fingerprint density at radius 2 is 2.22 bits per heavy atom. The second-order valence-corrected chi connectivity index (χ2v) is 5.10. The number of nitrogens with one attached hydrogen (secondary N) is 1. The molecule has 18 heavy (non-hydrogen) atoms. The molecule has 96 valence electrons. The van der Waals surface area contributed by atoms with Crippen molar-refractivity contribution in [3.63, 3.8) is 0 Å². The fourth-order valence-electron chi connectivity index (χ4n) is 1.47. The number of halogens is 4. The Labute approximate surface area is 121 Å². The number of rotatable bonds is 4. The lowest BCUT2D eigenvalue weighted by molar-refractivity contribution is 0.0673. The summed E-state index contributed by atoms with van der Waals surface area (Å²) in [6.07, 6.45) is 2.62. The van der Waals surface area contributed by atoms with Gasteiger partial charge in [0.1, 0.15) is 5.82 Å². The summed E-state index contributed by atoms with van der Waals surface area (Å²) in [5.41, 5.74) is 0.837. The molecule has 2 rings (SSSR count). The van der Waals surface area contributed by atoms with Crippen molar-refractivity contribution < 1.29 is 8.78 Å². The summed E-state index contributed by atoms with van der Waals surface area (Å²) in [7, 11) is 0. The van der Waals surface area contributed by atoms with Gasteiger partial charge in [-0.2, -0.15) is 8.78 Å². The number of anilines is 1. The van der Waals surface area contributed by atoms with Crippen LogP contribution in [0.3, 0.4) is 0 Å². The van der Waals surface area contributed by atoms with Crippen molar-refractivity contribution in [2.45, 2.75) is 13.1 Å². The summed E-state index contributed by atoms with van der Waals surface area (Å²) < 4.78 is 26.9. The molecule has 0 amide bonds. The molecule has 0 radical (unpaired) electrons. The molecule has 0 saturated carbocycles. The predicted octanol–water partition coefficient (Wildman–Crippen LogP) is 4.15. The highest BCUT2D eigenvalue weighted by Crippen LogP contribution is 2.23. The third-order valence-corrected chi connectivity index (χ3v) is 3.45. The quantitative estimate of drug-likeness (QED) is 0.804. The van der Waals surface area contributed by atoms with E-state index in [4.69, 9.17) is 11.6 Å². The first kappa shape index (κ1) is 13.5. The molecule has 2 aromatic rings. The second kappa shape index (κ2) is 5.83. The molecular formula is C11H9ClF2IN3. The van der Waals surface area contributed by atoms with Gasteiger partial charge in [0.2, 0.25) is 0 Å². The van der Waals surface area contributed by atoms with E-state index in [1.54, 1.807) is 18.2 Å². The van der Waals surface area contributed by atoms with Gasteiger partial charge < -0.3 is 5.32 Å². The minimum absolute atomic E-state index is 0.231. The third-order valence-electron chi connectivity index (χ3n) is 2.33. The van der Waals surface area contributed by atoms with Gasteiger partial charge in [0.15, 0.2) is 0 Å². The van der Waals surface area contributed by atoms with Gasteiger partial charge >= 0.3 is 6.55 Å². The van der Waals surface area contributed by atoms with Crippen molar-refractivity contribution in [2.24, 2.45) is 0 Å². The van der Waals surface area contributed by atoms with Crippen molar-refractivity contribution in [1.29, 1.82) is 0 Å². The molecule has 0 aliphatic carbocycles. The van der Waals surface area contributed by atoms with Gasteiger partial charge in [-0.05, 0) is 40.8 Å². The van der Waals surface area contributed by atoms with Crippen LogP contribution in [-0.2, 0) is 6.54 Å². The number of imidazole rings is 1. The fourth-order valence-corrected chi connectivity index (χ4v) is 2.53. The maximum atomic E-state index is 12.6. The zero-order chi connectivity index (χ0) is 13.1. The third kappa shape index (κ3) is 3.11. The SMILES string of the molecule is FC(F)n1ccnc1CNc1ccc(Cl)cc1I. The highest BCUT2D eigenvalue weighted by Gasteiger charge is 2.11. The second-order valence-electron chi connectivity index (χ2n) is 3.51. The molecule has 1 heterocycles. The zero-order valence-electron chi connectivity index (χ0n) is 9.08. The number of hydrogen-bond acceptors (Lipinski definition) is 2. The lowest BCUT2D eigenvalue weighted by Crippen LogP contribution is -2.09. The van der Waals surface area contributed by atoms with Crippen LogP contribution in [0.25, 0.3) is 0 Å². The lowest BCUT2D eigenvalue weighted by atomic mass is 10.3. The summed E-state index contributed by atoms with van der Waals surface area (Å²) in [5.74, 6) is 0.288. The minimum Gasteiger partial charge on any atom is -0.377 e. The smallest absolute Gasteiger partial charge is 0.319 e. The summed E-state index contributed by atoms with van der Waals surface area (Å²) in [6.45, 7) is -2.34. The number of alkyl halides is 2. The maximum absolute atomic E-state index is 12.6. The first-order chi connectivity index (χ1) is 8.58. The van der Waals surface area contributed by atoms with Crippen molar-refractivity contribution >= 4 is 39.9 Å². The van der Waals surface area contributed by atoms with Crippen LogP contribution in [0.2, 0.25) is 5.02 Å². The van der Waals surface area contributed by atoms with Crippen LogP contribution in [0.1, 0.15) is 12.4 Å². The number of nitrogens with zero attached hydrogens (tertiary/aromatic N) is 2. The highest BCUT2D eigenvalue weighted by atomic mass is 127. The summed E-state index contributed by atoms with van der Waals surface area (Å²) >= 11 is 7.96. The van der Waals surface area contributed by atoms with Gasteiger partial charge in [0.05, 0.1) is 6.54 Å². The van der Waals surface area contributed by atoms with E-state index in [0.29, 0.717) is 5.02 Å². The van der Waals surface area contributed by atoms with Crippen LogP contribution in [0.5, 0.6) is 0 Å².